The number of aliphatic carboxylic acids is 1. The lowest BCUT2D eigenvalue weighted by atomic mass is 9.80. The van der Waals surface area contributed by atoms with Crippen molar-refractivity contribution in [3.63, 3.8) is 0 Å². The highest BCUT2D eigenvalue weighted by atomic mass is 16.5. The van der Waals surface area contributed by atoms with Crippen LogP contribution in [0.5, 0.6) is 0 Å². The monoisotopic (exact) mass is 243 g/mol. The molecule has 0 aliphatic carbocycles. The molecule has 0 aromatic heterocycles. The number of nitrogens with zero attached hydrogens (tertiary/aromatic N) is 1. The Hall–Kier alpha value is -0.610. The van der Waals surface area contributed by atoms with Gasteiger partial charge >= 0.3 is 5.97 Å². The van der Waals surface area contributed by atoms with E-state index in [1.165, 1.54) is 0 Å². The predicted octanol–water partition coefficient (Wildman–Crippen LogP) is 1.99. The van der Waals surface area contributed by atoms with Crippen molar-refractivity contribution in [1.29, 1.82) is 0 Å². The van der Waals surface area contributed by atoms with Crippen LogP contribution in [0.3, 0.4) is 0 Å². The summed E-state index contributed by atoms with van der Waals surface area (Å²) in [5.41, 5.74) is 0.226. The molecule has 1 saturated heterocycles. The Morgan fingerprint density at radius 1 is 1.41 bits per heavy atom. The van der Waals surface area contributed by atoms with E-state index in [2.05, 4.69) is 11.8 Å². The lowest BCUT2D eigenvalue weighted by Crippen LogP contribution is -2.48. The molecule has 4 heteroatoms. The standard InChI is InChI=1S/C13H25NO3/c1-4-11(12(15)16)14-8-6-13(3,7-9-14)10-17-5-2/h11H,4-10H2,1-3H3,(H,15,16). The number of ether oxygens (including phenoxy) is 1. The predicted molar refractivity (Wildman–Crippen MR) is 67.1 cm³/mol. The van der Waals surface area contributed by atoms with Crippen LogP contribution in [0.1, 0.15) is 40.0 Å². The van der Waals surface area contributed by atoms with Crippen LogP contribution in [0, 0.1) is 5.41 Å². The summed E-state index contributed by atoms with van der Waals surface area (Å²) in [6.07, 6.45) is 2.73. The van der Waals surface area contributed by atoms with Crippen molar-refractivity contribution in [2.75, 3.05) is 26.3 Å². The summed E-state index contributed by atoms with van der Waals surface area (Å²) in [6, 6.07) is -0.313. The highest BCUT2D eigenvalue weighted by Crippen LogP contribution is 2.32. The zero-order valence-electron chi connectivity index (χ0n) is 11.2. The lowest BCUT2D eigenvalue weighted by Gasteiger charge is -2.41. The normalized spacial score (nSPS) is 22.3. The number of hydrogen-bond donors (Lipinski definition) is 1. The van der Waals surface area contributed by atoms with Crippen molar-refractivity contribution in [2.24, 2.45) is 5.41 Å². The smallest absolute Gasteiger partial charge is 0.320 e. The minimum absolute atomic E-state index is 0.226. The molecule has 100 valence electrons. The molecule has 4 nitrogen and oxygen atoms in total. The van der Waals surface area contributed by atoms with E-state index in [0.717, 1.165) is 39.1 Å². The third-order valence-electron chi connectivity index (χ3n) is 3.77. The van der Waals surface area contributed by atoms with Gasteiger partial charge in [0.25, 0.3) is 0 Å². The molecule has 1 atom stereocenters. The fourth-order valence-corrected chi connectivity index (χ4v) is 2.46. The molecule has 1 N–H and O–H groups in total. The molecule has 1 heterocycles. The van der Waals surface area contributed by atoms with Gasteiger partial charge < -0.3 is 9.84 Å². The van der Waals surface area contributed by atoms with Crippen molar-refractivity contribution in [3.8, 4) is 0 Å². The first-order chi connectivity index (χ1) is 8.02. The Bertz CT molecular complexity index is 247. The second-order valence-corrected chi connectivity index (χ2v) is 5.25. The van der Waals surface area contributed by atoms with Crippen molar-refractivity contribution in [1.82, 2.24) is 4.90 Å². The van der Waals surface area contributed by atoms with Crippen LogP contribution >= 0.6 is 0 Å². The van der Waals surface area contributed by atoms with E-state index >= 15 is 0 Å². The van der Waals surface area contributed by atoms with E-state index in [1.54, 1.807) is 0 Å². The van der Waals surface area contributed by atoms with E-state index in [4.69, 9.17) is 9.84 Å². The molecule has 0 amide bonds. The summed E-state index contributed by atoms with van der Waals surface area (Å²) in [6.45, 7) is 9.47. The molecular formula is C13H25NO3. The van der Waals surface area contributed by atoms with Gasteiger partial charge in [-0.15, -0.1) is 0 Å². The first-order valence-electron chi connectivity index (χ1n) is 6.57. The first kappa shape index (κ1) is 14.5. The number of carboxylic acid groups (broad SMARTS) is 1. The van der Waals surface area contributed by atoms with Crippen molar-refractivity contribution in [3.05, 3.63) is 0 Å². The van der Waals surface area contributed by atoms with Gasteiger partial charge in [-0.1, -0.05) is 13.8 Å². The molecule has 1 aliphatic heterocycles. The lowest BCUT2D eigenvalue weighted by molar-refractivity contribution is -0.144. The molecule has 1 rings (SSSR count). The Labute approximate surface area is 104 Å². The van der Waals surface area contributed by atoms with Crippen LogP contribution in [0.4, 0.5) is 0 Å². The Balaban J connectivity index is 2.46. The molecule has 1 unspecified atom stereocenters. The van der Waals surface area contributed by atoms with Crippen LogP contribution in [-0.4, -0.2) is 48.3 Å². The van der Waals surface area contributed by atoms with E-state index in [-0.39, 0.29) is 11.5 Å². The van der Waals surface area contributed by atoms with Crippen LogP contribution in [0.25, 0.3) is 0 Å². The highest BCUT2D eigenvalue weighted by molar-refractivity contribution is 5.73. The zero-order valence-corrected chi connectivity index (χ0v) is 11.2. The van der Waals surface area contributed by atoms with E-state index < -0.39 is 5.97 Å². The molecule has 0 bridgehead atoms. The minimum atomic E-state index is -0.694. The van der Waals surface area contributed by atoms with Gasteiger partial charge in [-0.2, -0.15) is 0 Å². The quantitative estimate of drug-likeness (QED) is 0.775. The first-order valence-corrected chi connectivity index (χ1v) is 6.57. The van der Waals surface area contributed by atoms with Crippen LogP contribution in [0.2, 0.25) is 0 Å². The number of rotatable bonds is 6. The topological polar surface area (TPSA) is 49.8 Å². The van der Waals surface area contributed by atoms with Crippen molar-refractivity contribution < 1.29 is 14.6 Å². The van der Waals surface area contributed by atoms with Gasteiger partial charge in [0.2, 0.25) is 0 Å². The molecule has 0 saturated carbocycles. The number of likely N-dealkylation sites (tertiary alicyclic amines) is 1. The van der Waals surface area contributed by atoms with Gasteiger partial charge in [0, 0.05) is 6.61 Å². The molecule has 0 aromatic rings. The average Bonchev–Trinajstić information content (AvgIpc) is 2.30. The van der Waals surface area contributed by atoms with Gasteiger partial charge in [0.1, 0.15) is 6.04 Å². The van der Waals surface area contributed by atoms with Crippen LogP contribution < -0.4 is 0 Å². The largest absolute Gasteiger partial charge is 0.480 e. The number of piperidine rings is 1. The zero-order chi connectivity index (χ0) is 12.9. The Morgan fingerprint density at radius 3 is 2.41 bits per heavy atom. The van der Waals surface area contributed by atoms with E-state index in [9.17, 15) is 4.79 Å². The van der Waals surface area contributed by atoms with Crippen LogP contribution in [-0.2, 0) is 9.53 Å². The van der Waals surface area contributed by atoms with Gasteiger partial charge in [0.05, 0.1) is 6.61 Å². The molecule has 0 aromatic carbocycles. The fraction of sp³-hybridized carbons (Fsp3) is 0.923. The summed E-state index contributed by atoms with van der Waals surface area (Å²) >= 11 is 0. The summed E-state index contributed by atoms with van der Waals surface area (Å²) in [5, 5.41) is 9.13. The Morgan fingerprint density at radius 2 is 2.00 bits per heavy atom. The third kappa shape index (κ3) is 3.96. The molecule has 1 fully saturated rings. The minimum Gasteiger partial charge on any atom is -0.480 e. The summed E-state index contributed by atoms with van der Waals surface area (Å²) in [5.74, 6) is -0.694. The SMILES string of the molecule is CCOCC1(C)CCN(C(CC)C(=O)O)CC1. The maximum Gasteiger partial charge on any atom is 0.320 e. The number of carbonyl (C=O) groups is 1. The molecule has 0 radical (unpaired) electrons. The van der Waals surface area contributed by atoms with E-state index in [1.807, 2.05) is 13.8 Å². The van der Waals surface area contributed by atoms with Crippen molar-refractivity contribution >= 4 is 5.97 Å². The number of carboxylic acids is 1. The maximum atomic E-state index is 11.1. The molecule has 17 heavy (non-hydrogen) atoms. The second-order valence-electron chi connectivity index (χ2n) is 5.25. The van der Waals surface area contributed by atoms with Gasteiger partial charge in [-0.25, -0.2) is 0 Å². The maximum absolute atomic E-state index is 11.1. The number of hydrogen-bond acceptors (Lipinski definition) is 3. The summed E-state index contributed by atoms with van der Waals surface area (Å²) < 4.78 is 5.51. The van der Waals surface area contributed by atoms with Crippen LogP contribution in [0.15, 0.2) is 0 Å². The summed E-state index contributed by atoms with van der Waals surface area (Å²) in [7, 11) is 0. The third-order valence-corrected chi connectivity index (χ3v) is 3.77. The molecule has 1 aliphatic rings. The summed E-state index contributed by atoms with van der Waals surface area (Å²) in [4.78, 5) is 13.2. The fourth-order valence-electron chi connectivity index (χ4n) is 2.46. The van der Waals surface area contributed by atoms with E-state index in [0.29, 0.717) is 6.42 Å². The highest BCUT2D eigenvalue weighted by Gasteiger charge is 2.34. The van der Waals surface area contributed by atoms with Gasteiger partial charge in [-0.3, -0.25) is 9.69 Å². The molecule has 0 spiro atoms. The van der Waals surface area contributed by atoms with Crippen molar-refractivity contribution in [2.45, 2.75) is 46.1 Å². The molecular weight excluding hydrogens is 218 g/mol. The van der Waals surface area contributed by atoms with Gasteiger partial charge in [0.15, 0.2) is 0 Å². The second kappa shape index (κ2) is 6.36. The average molecular weight is 243 g/mol. The Kier molecular flexibility index (Phi) is 5.40. The van der Waals surface area contributed by atoms with Gasteiger partial charge in [-0.05, 0) is 44.7 Å².